The van der Waals surface area contributed by atoms with E-state index in [2.05, 4.69) is 0 Å². The van der Waals surface area contributed by atoms with E-state index in [1.165, 1.54) is 36.4 Å². The van der Waals surface area contributed by atoms with Crippen LogP contribution in [0.25, 0.3) is 76.9 Å². The van der Waals surface area contributed by atoms with Crippen LogP contribution >= 0.6 is 0 Å². The fraction of sp³-hybridized carbons (Fsp3) is 0. The fourth-order valence-electron chi connectivity index (χ4n) is 5.21. The molecule has 0 unspecified atom stereocenters. The molecule has 1 nitrogen and oxygen atoms in total. The molecule has 1 heterocycles. The number of para-hydroxylation sites is 1. The molecule has 0 aliphatic heterocycles. The fourth-order valence-corrected chi connectivity index (χ4v) is 5.21. The van der Waals surface area contributed by atoms with Gasteiger partial charge in [-0.3, -0.25) is 0 Å². The monoisotopic (exact) mass is 510 g/mol. The molecule has 0 aliphatic rings. The molecule has 0 saturated carbocycles. The van der Waals surface area contributed by atoms with Gasteiger partial charge < -0.3 is 4.42 Å². The Morgan fingerprint density at radius 3 is 1.51 bits per heavy atom. The van der Waals surface area contributed by atoms with Crippen molar-refractivity contribution < 1.29 is 23.6 Å². The number of hydrogen-bond acceptors (Lipinski definition) is 1. The topological polar surface area (TPSA) is 13.1 Å². The predicted molar refractivity (Wildman–Crippen MR) is 165 cm³/mol. The Morgan fingerprint density at radius 2 is 0.872 bits per heavy atom. The van der Waals surface area contributed by atoms with Crippen LogP contribution in [-0.2, 0) is 0 Å². The van der Waals surface area contributed by atoms with Gasteiger partial charge in [0.1, 0.15) is 11.2 Å². The third-order valence-electron chi connectivity index (χ3n) is 6.93. The SMILES string of the molecule is [2H]c1cc2c(-c3ccc(-c4c([2H])c([2H])c5c(oc6c([2H])c([2H])c([2H])c([2H])c65)c4[2H])cc3)c3cc([2H])c([2H])cc3c(-c3cc([2H])c([2H])c([2H])c3)c2cc1[2H]. The van der Waals surface area contributed by atoms with Crippen molar-refractivity contribution in [1.29, 1.82) is 0 Å². The minimum atomic E-state index is -0.518. The lowest BCUT2D eigenvalue weighted by atomic mass is 9.86. The van der Waals surface area contributed by atoms with Gasteiger partial charge in [0.2, 0.25) is 0 Å². The summed E-state index contributed by atoms with van der Waals surface area (Å²) in [6, 6.07) is 11.9. The molecule has 1 aromatic heterocycles. The molecule has 0 N–H and O–H groups in total. The molecule has 7 aromatic carbocycles. The van der Waals surface area contributed by atoms with Crippen molar-refractivity contribution in [2.45, 2.75) is 0 Å². The lowest BCUT2D eigenvalue weighted by molar-refractivity contribution is 0.669. The molecule has 0 amide bonds. The molecule has 8 aromatic rings. The van der Waals surface area contributed by atoms with Crippen molar-refractivity contribution in [3.63, 3.8) is 0 Å². The van der Waals surface area contributed by atoms with Gasteiger partial charge in [-0.25, -0.2) is 0 Å². The van der Waals surface area contributed by atoms with Gasteiger partial charge in [-0.2, -0.15) is 0 Å². The van der Waals surface area contributed by atoms with Crippen LogP contribution in [0.2, 0.25) is 0 Å². The van der Waals surface area contributed by atoms with Crippen LogP contribution in [0, 0.1) is 0 Å². The standard InChI is InChI=1S/C38H24O/c1-2-10-26(11-3-1)37-31-13-4-6-15-33(31)38(34-16-7-5-14-32(34)37)27-20-18-25(19-21-27)28-22-23-30-29-12-8-9-17-35(29)39-36(30)24-28/h1-24H/i1D,2D,3D,4D,5D,6D,7D,8D,9D,12D,17D,22D,23D,24D. The van der Waals surface area contributed by atoms with Gasteiger partial charge in [0.15, 0.2) is 0 Å². The second-order valence-electron chi connectivity index (χ2n) is 9.05. The van der Waals surface area contributed by atoms with E-state index in [1.54, 1.807) is 24.3 Å². The summed E-state index contributed by atoms with van der Waals surface area (Å²) in [4.78, 5) is 0. The summed E-state index contributed by atoms with van der Waals surface area (Å²) >= 11 is 0. The molecule has 0 radical (unpaired) electrons. The van der Waals surface area contributed by atoms with Crippen LogP contribution in [0.15, 0.2) is 150 Å². The maximum Gasteiger partial charge on any atom is 0.136 e. The van der Waals surface area contributed by atoms with Crippen LogP contribution < -0.4 is 0 Å². The van der Waals surface area contributed by atoms with Crippen molar-refractivity contribution in [1.82, 2.24) is 0 Å². The number of fused-ring (bicyclic) bond motifs is 5. The zero-order valence-electron chi connectivity index (χ0n) is 34.2. The summed E-state index contributed by atoms with van der Waals surface area (Å²) < 4.78 is 124. The van der Waals surface area contributed by atoms with E-state index in [4.69, 9.17) is 23.6 Å². The zero-order chi connectivity index (χ0) is 37.9. The van der Waals surface area contributed by atoms with Crippen LogP contribution in [0.3, 0.4) is 0 Å². The van der Waals surface area contributed by atoms with E-state index < -0.39 is 24.2 Å². The summed E-state index contributed by atoms with van der Waals surface area (Å²) in [6.07, 6.45) is 0. The van der Waals surface area contributed by atoms with E-state index in [0.29, 0.717) is 49.4 Å². The Bertz CT molecular complexity index is 2840. The van der Waals surface area contributed by atoms with Crippen LogP contribution in [0.1, 0.15) is 19.2 Å². The first kappa shape index (κ1) is 12.1. The summed E-state index contributed by atoms with van der Waals surface area (Å²) in [6.45, 7) is 0. The number of hydrogen-bond donors (Lipinski definition) is 0. The molecule has 8 rings (SSSR count). The molecular formula is C38H24O. The highest BCUT2D eigenvalue weighted by Crippen LogP contribution is 2.43. The molecular weight excluding hydrogens is 472 g/mol. The van der Waals surface area contributed by atoms with Gasteiger partial charge in [0, 0.05) is 10.8 Å². The Balaban J connectivity index is 1.40. The van der Waals surface area contributed by atoms with Crippen LogP contribution in [0.5, 0.6) is 0 Å². The van der Waals surface area contributed by atoms with Crippen molar-refractivity contribution in [3.8, 4) is 33.4 Å². The molecule has 0 bridgehead atoms. The third kappa shape index (κ3) is 3.48. The number of rotatable bonds is 3. The number of benzene rings is 7. The first-order chi connectivity index (χ1) is 25.1. The Labute approximate surface area is 246 Å². The van der Waals surface area contributed by atoms with Gasteiger partial charge in [-0.05, 0) is 73.1 Å². The average molecular weight is 511 g/mol. The molecule has 39 heavy (non-hydrogen) atoms. The molecule has 0 atom stereocenters. The van der Waals surface area contributed by atoms with E-state index in [9.17, 15) is 0 Å². The quantitative estimate of drug-likeness (QED) is 0.215. The zero-order valence-corrected chi connectivity index (χ0v) is 20.2. The van der Waals surface area contributed by atoms with Crippen molar-refractivity contribution in [3.05, 3.63) is 145 Å². The summed E-state index contributed by atoms with van der Waals surface area (Å²) in [5.41, 5.74) is 2.12. The van der Waals surface area contributed by atoms with E-state index in [0.717, 1.165) is 0 Å². The van der Waals surface area contributed by atoms with Gasteiger partial charge in [-0.15, -0.1) is 0 Å². The van der Waals surface area contributed by atoms with Crippen molar-refractivity contribution in [2.75, 3.05) is 0 Å². The lowest BCUT2D eigenvalue weighted by Crippen LogP contribution is -1.90. The van der Waals surface area contributed by atoms with Crippen LogP contribution in [-0.4, -0.2) is 0 Å². The van der Waals surface area contributed by atoms with E-state index in [1.807, 2.05) is 0 Å². The summed E-state index contributed by atoms with van der Waals surface area (Å²) in [7, 11) is 0. The summed E-state index contributed by atoms with van der Waals surface area (Å²) in [5.74, 6) is 0. The van der Waals surface area contributed by atoms with Gasteiger partial charge >= 0.3 is 0 Å². The second kappa shape index (κ2) is 8.72. The molecule has 182 valence electrons. The first-order valence-electron chi connectivity index (χ1n) is 19.2. The average Bonchev–Trinajstić information content (AvgIpc) is 3.54. The highest BCUT2D eigenvalue weighted by Gasteiger charge is 2.16. The Morgan fingerprint density at radius 1 is 0.359 bits per heavy atom. The van der Waals surface area contributed by atoms with Gasteiger partial charge in [0.25, 0.3) is 0 Å². The largest absolute Gasteiger partial charge is 0.456 e. The normalized spacial score (nSPS) is 16.6. The Hall–Kier alpha value is -5.14. The molecule has 0 fully saturated rings. The van der Waals surface area contributed by atoms with E-state index in [-0.39, 0.29) is 87.9 Å². The Kier molecular flexibility index (Phi) is 2.72. The second-order valence-corrected chi connectivity index (χ2v) is 9.05. The van der Waals surface area contributed by atoms with Gasteiger partial charge in [0.05, 0.1) is 19.2 Å². The minimum Gasteiger partial charge on any atom is -0.456 e. The van der Waals surface area contributed by atoms with Crippen LogP contribution in [0.4, 0.5) is 0 Å². The smallest absolute Gasteiger partial charge is 0.136 e. The molecule has 0 saturated heterocycles. The molecule has 0 spiro atoms. The van der Waals surface area contributed by atoms with Crippen molar-refractivity contribution in [2.24, 2.45) is 0 Å². The molecule has 0 aliphatic carbocycles. The maximum absolute atomic E-state index is 9.04. The summed E-state index contributed by atoms with van der Waals surface area (Å²) in [5, 5.41) is 1.92. The third-order valence-corrected chi connectivity index (χ3v) is 6.93. The first-order valence-corrected chi connectivity index (χ1v) is 12.2. The highest BCUT2D eigenvalue weighted by molar-refractivity contribution is 6.21. The molecule has 1 heteroatoms. The van der Waals surface area contributed by atoms with Crippen molar-refractivity contribution >= 4 is 43.5 Å². The maximum atomic E-state index is 9.04. The lowest BCUT2D eigenvalue weighted by Gasteiger charge is -2.18. The van der Waals surface area contributed by atoms with Gasteiger partial charge in [-0.1, -0.05) is 127 Å². The van der Waals surface area contributed by atoms with E-state index >= 15 is 0 Å². The minimum absolute atomic E-state index is 0.0447. The number of furan rings is 1. The predicted octanol–water partition coefficient (Wildman–Crippen LogP) is 10.9. The highest BCUT2D eigenvalue weighted by atomic mass is 16.3.